The molecular formula is C17H24N4O3S. The largest absolute Gasteiger partial charge is 0.494 e. The van der Waals surface area contributed by atoms with E-state index in [1.54, 1.807) is 14.0 Å². The molecule has 1 fully saturated rings. The van der Waals surface area contributed by atoms with Gasteiger partial charge in [0.15, 0.2) is 0 Å². The highest BCUT2D eigenvalue weighted by molar-refractivity contribution is 7.92. The number of methoxy groups -OCH3 is 1. The summed E-state index contributed by atoms with van der Waals surface area (Å²) in [6, 6.07) is 5.73. The van der Waals surface area contributed by atoms with E-state index in [0.717, 1.165) is 16.7 Å². The second-order valence-electron chi connectivity index (χ2n) is 6.51. The number of ether oxygens (including phenoxy) is 1. The molecule has 7 nitrogen and oxygen atoms in total. The highest BCUT2D eigenvalue weighted by atomic mass is 32.2. The molecule has 3 rings (SSSR count). The third kappa shape index (κ3) is 3.69. The molecule has 8 heteroatoms. The number of hydrogen-bond donors (Lipinski definition) is 2. The average Bonchev–Trinajstić information content (AvgIpc) is 2.61. The van der Waals surface area contributed by atoms with Crippen molar-refractivity contribution >= 4 is 26.4 Å². The minimum absolute atomic E-state index is 0.0443. The number of benzene rings is 1. The second kappa shape index (κ2) is 6.76. The zero-order valence-corrected chi connectivity index (χ0v) is 15.4. The molecule has 1 saturated heterocycles. The quantitative estimate of drug-likeness (QED) is 0.842. The van der Waals surface area contributed by atoms with Crippen LogP contribution < -0.4 is 9.64 Å². The summed E-state index contributed by atoms with van der Waals surface area (Å²) < 4.78 is 25.3. The Bertz CT molecular complexity index is 861. The van der Waals surface area contributed by atoms with E-state index >= 15 is 0 Å². The van der Waals surface area contributed by atoms with Gasteiger partial charge in [-0.15, -0.1) is 0 Å². The lowest BCUT2D eigenvalue weighted by atomic mass is 9.93. The smallest absolute Gasteiger partial charge is 0.145 e. The van der Waals surface area contributed by atoms with Crippen LogP contribution in [0.3, 0.4) is 0 Å². The Morgan fingerprint density at radius 2 is 2.08 bits per heavy atom. The van der Waals surface area contributed by atoms with Crippen LogP contribution in [0.25, 0.3) is 10.9 Å². The van der Waals surface area contributed by atoms with Gasteiger partial charge in [-0.3, -0.25) is 4.78 Å². The van der Waals surface area contributed by atoms with Crippen molar-refractivity contribution in [3.8, 4) is 5.75 Å². The first-order chi connectivity index (χ1) is 11.9. The van der Waals surface area contributed by atoms with E-state index in [4.69, 9.17) is 9.52 Å². The van der Waals surface area contributed by atoms with Gasteiger partial charge in [0.2, 0.25) is 0 Å². The number of rotatable bonds is 5. The number of fused-ring (bicyclic) bond motifs is 1. The van der Waals surface area contributed by atoms with Gasteiger partial charge in [0.25, 0.3) is 0 Å². The summed E-state index contributed by atoms with van der Waals surface area (Å²) in [7, 11) is -1.10. The highest BCUT2D eigenvalue weighted by Gasteiger charge is 2.35. The summed E-state index contributed by atoms with van der Waals surface area (Å²) in [5, 5.41) is 11.6. The monoisotopic (exact) mass is 364 g/mol. The third-order valence-electron chi connectivity index (χ3n) is 4.79. The van der Waals surface area contributed by atoms with E-state index in [2.05, 4.69) is 14.9 Å². The molecule has 1 aromatic carbocycles. The molecule has 1 atom stereocenters. The molecule has 0 bridgehead atoms. The van der Waals surface area contributed by atoms with E-state index in [0.29, 0.717) is 31.7 Å². The summed E-state index contributed by atoms with van der Waals surface area (Å²) >= 11 is 0. The third-order valence-corrected chi connectivity index (χ3v) is 6.72. The molecule has 0 saturated carbocycles. The van der Waals surface area contributed by atoms with Crippen molar-refractivity contribution < 1.29 is 14.1 Å². The molecule has 2 heterocycles. The lowest BCUT2D eigenvalue weighted by Crippen LogP contribution is -2.48. The zero-order valence-electron chi connectivity index (χ0n) is 14.6. The van der Waals surface area contributed by atoms with Crippen LogP contribution in [-0.4, -0.2) is 56.6 Å². The Labute approximate surface area is 148 Å². The molecule has 0 unspecified atom stereocenters. The summed E-state index contributed by atoms with van der Waals surface area (Å²) in [6.45, 7) is 2.92. The number of anilines is 1. The molecule has 0 spiro atoms. The number of hydrogen-bond acceptors (Lipinski definition) is 7. The molecule has 0 aliphatic carbocycles. The van der Waals surface area contributed by atoms with Crippen LogP contribution >= 0.6 is 0 Å². The molecule has 1 aliphatic rings. The maximum Gasteiger partial charge on any atom is 0.145 e. The van der Waals surface area contributed by atoms with E-state index in [1.165, 1.54) is 6.33 Å². The highest BCUT2D eigenvalue weighted by Crippen LogP contribution is 2.32. The topological polar surface area (TPSA) is 99.4 Å². The minimum atomic E-state index is -2.71. The van der Waals surface area contributed by atoms with Crippen molar-refractivity contribution in [2.24, 2.45) is 0 Å². The van der Waals surface area contributed by atoms with Crippen LogP contribution in [0.5, 0.6) is 5.75 Å². The molecule has 25 heavy (non-hydrogen) atoms. The zero-order chi connectivity index (χ0) is 18.1. The second-order valence-corrected chi connectivity index (χ2v) is 9.00. The predicted octanol–water partition coefficient (Wildman–Crippen LogP) is 2.04. The lowest BCUT2D eigenvalue weighted by molar-refractivity contribution is 0.0388. The fourth-order valence-electron chi connectivity index (χ4n) is 3.28. The first-order valence-corrected chi connectivity index (χ1v) is 10.3. The van der Waals surface area contributed by atoms with E-state index in [1.807, 2.05) is 18.2 Å². The molecule has 136 valence electrons. The number of nitrogens with one attached hydrogen (secondary N) is 1. The van der Waals surface area contributed by atoms with Gasteiger partial charge in [0.05, 0.1) is 18.5 Å². The summed E-state index contributed by atoms with van der Waals surface area (Å²) in [6.07, 6.45) is 2.46. The van der Waals surface area contributed by atoms with E-state index in [-0.39, 0.29) is 11.5 Å². The van der Waals surface area contributed by atoms with Crippen molar-refractivity contribution in [1.82, 2.24) is 9.97 Å². The normalized spacial score (nSPS) is 19.6. The fraction of sp³-hybridized carbons (Fsp3) is 0.529. The Morgan fingerprint density at radius 3 is 2.72 bits per heavy atom. The van der Waals surface area contributed by atoms with Gasteiger partial charge in [-0.2, -0.15) is 0 Å². The standard InChI is InChI=1S/C17H24N4O3S/c1-3-25(18,23)11-17(22)7-9-21(10-8-17)16-13-5-4-6-14(24-2)15(13)19-12-20-16/h4-6,12,18,22H,3,7-11H2,1-2H3/t25-/m1/s1. The van der Waals surface area contributed by atoms with Crippen molar-refractivity contribution in [3.05, 3.63) is 24.5 Å². The summed E-state index contributed by atoms with van der Waals surface area (Å²) in [5.74, 6) is 1.83. The van der Waals surface area contributed by atoms with Crippen LogP contribution in [0.15, 0.2) is 24.5 Å². The van der Waals surface area contributed by atoms with Gasteiger partial charge in [0.1, 0.15) is 23.4 Å². The Balaban J connectivity index is 1.83. The first kappa shape index (κ1) is 17.9. The van der Waals surface area contributed by atoms with Crippen LogP contribution in [0.2, 0.25) is 0 Å². The van der Waals surface area contributed by atoms with Gasteiger partial charge in [0, 0.05) is 34.0 Å². The van der Waals surface area contributed by atoms with Crippen molar-refractivity contribution in [1.29, 1.82) is 4.78 Å². The molecule has 2 N–H and O–H groups in total. The predicted molar refractivity (Wildman–Crippen MR) is 98.8 cm³/mol. The molecule has 1 aliphatic heterocycles. The Morgan fingerprint density at radius 1 is 1.36 bits per heavy atom. The lowest BCUT2D eigenvalue weighted by Gasteiger charge is -2.39. The van der Waals surface area contributed by atoms with E-state index < -0.39 is 15.3 Å². The van der Waals surface area contributed by atoms with Crippen LogP contribution in [0, 0.1) is 4.78 Å². The first-order valence-electron chi connectivity index (χ1n) is 8.37. The van der Waals surface area contributed by atoms with Crippen LogP contribution in [0.1, 0.15) is 19.8 Å². The van der Waals surface area contributed by atoms with Gasteiger partial charge in [-0.25, -0.2) is 14.2 Å². The number of nitrogens with zero attached hydrogens (tertiary/aromatic N) is 3. The Kier molecular flexibility index (Phi) is 4.83. The number of piperidine rings is 1. The van der Waals surface area contributed by atoms with Gasteiger partial charge in [-0.1, -0.05) is 13.0 Å². The number of para-hydroxylation sites is 1. The summed E-state index contributed by atoms with van der Waals surface area (Å²) in [5.41, 5.74) is -0.276. The summed E-state index contributed by atoms with van der Waals surface area (Å²) in [4.78, 5) is 10.9. The number of aliphatic hydroxyl groups is 1. The average molecular weight is 364 g/mol. The van der Waals surface area contributed by atoms with E-state index in [9.17, 15) is 9.32 Å². The van der Waals surface area contributed by atoms with Crippen LogP contribution in [-0.2, 0) is 9.73 Å². The van der Waals surface area contributed by atoms with Gasteiger partial charge in [-0.05, 0) is 25.0 Å². The molecule has 2 aromatic rings. The van der Waals surface area contributed by atoms with Gasteiger partial charge >= 0.3 is 0 Å². The molecular weight excluding hydrogens is 340 g/mol. The van der Waals surface area contributed by atoms with Crippen molar-refractivity contribution in [2.45, 2.75) is 25.4 Å². The number of aromatic nitrogens is 2. The molecule has 0 amide bonds. The molecule has 0 radical (unpaired) electrons. The van der Waals surface area contributed by atoms with Crippen LogP contribution in [0.4, 0.5) is 5.82 Å². The minimum Gasteiger partial charge on any atom is -0.494 e. The molecule has 1 aromatic heterocycles. The maximum absolute atomic E-state index is 12.1. The van der Waals surface area contributed by atoms with Crippen molar-refractivity contribution in [3.63, 3.8) is 0 Å². The SMILES string of the molecule is CC[S@@](=N)(=O)CC1(O)CCN(c2ncnc3c(OC)cccc23)CC1. The Hall–Kier alpha value is -1.93. The fourth-order valence-corrected chi connectivity index (χ4v) is 4.64. The maximum atomic E-state index is 12.1. The van der Waals surface area contributed by atoms with Gasteiger partial charge < -0.3 is 14.7 Å². The van der Waals surface area contributed by atoms with Crippen molar-refractivity contribution in [2.75, 3.05) is 36.6 Å².